The second-order valence-electron chi connectivity index (χ2n) is 2.51. The van der Waals surface area contributed by atoms with Crippen LogP contribution in [0.4, 0.5) is 0 Å². The molecule has 9 heteroatoms. The fourth-order valence-electron chi connectivity index (χ4n) is 0.338. The summed E-state index contributed by atoms with van der Waals surface area (Å²) in [7, 11) is 2.61. The molecule has 0 rings (SSSR count). The average molecular weight is 265 g/mol. The van der Waals surface area contributed by atoms with Gasteiger partial charge in [-0.2, -0.15) is 0 Å². The number of carboxylic acid groups (broad SMARTS) is 1. The number of carbonyl (C=O) groups excluding carboxylic acids is 2. The van der Waals surface area contributed by atoms with Gasteiger partial charge in [0.25, 0.3) is 0 Å². The molecule has 0 aromatic heterocycles. The molecule has 0 radical (unpaired) electrons. The predicted molar refractivity (Wildman–Crippen MR) is 62.2 cm³/mol. The van der Waals surface area contributed by atoms with Crippen LogP contribution in [0.15, 0.2) is 12.2 Å². The second kappa shape index (κ2) is 17.4. The minimum Gasteiger partial charge on any atom is -0.480 e. The number of nitrogens with two attached hydrogens (primary N) is 1. The van der Waals surface area contributed by atoms with Crippen LogP contribution in [0.5, 0.6) is 0 Å². The minimum absolute atomic E-state index is 0.306. The normalized spacial score (nSPS) is 10.1. The van der Waals surface area contributed by atoms with Crippen molar-refractivity contribution in [3.8, 4) is 0 Å². The van der Waals surface area contributed by atoms with Gasteiger partial charge in [-0.05, 0) is 6.92 Å². The molecule has 2 amide bonds. The van der Waals surface area contributed by atoms with E-state index in [1.54, 1.807) is 13.0 Å². The summed E-state index contributed by atoms with van der Waals surface area (Å²) in [6, 6.07) is -0.847. The van der Waals surface area contributed by atoms with E-state index in [1.807, 2.05) is 5.48 Å². The first kappa shape index (κ1) is 21.3. The Hall–Kier alpha value is -1.97. The highest BCUT2D eigenvalue weighted by Crippen LogP contribution is 1.79. The van der Waals surface area contributed by atoms with Crippen LogP contribution in [0.1, 0.15) is 6.92 Å². The summed E-state index contributed by atoms with van der Waals surface area (Å²) in [5.74, 6) is -0.997. The molecule has 18 heavy (non-hydrogen) atoms. The lowest BCUT2D eigenvalue weighted by Gasteiger charge is -1.94. The molecular weight excluding hydrogens is 246 g/mol. The molecule has 0 saturated carbocycles. The van der Waals surface area contributed by atoms with Crippen LogP contribution in [-0.2, 0) is 19.2 Å². The van der Waals surface area contributed by atoms with Gasteiger partial charge in [-0.15, -0.1) is 0 Å². The van der Waals surface area contributed by atoms with E-state index in [9.17, 15) is 9.59 Å². The van der Waals surface area contributed by atoms with E-state index in [0.717, 1.165) is 0 Å². The quantitative estimate of drug-likeness (QED) is 0.210. The molecule has 0 saturated heterocycles. The summed E-state index contributed by atoms with van der Waals surface area (Å²) in [5.41, 5.74) is 6.97. The molecule has 0 spiro atoms. The zero-order chi connectivity index (χ0) is 15.0. The van der Waals surface area contributed by atoms with Gasteiger partial charge in [0.15, 0.2) is 0 Å². The first-order valence-electron chi connectivity index (χ1n) is 4.57. The first-order valence-corrected chi connectivity index (χ1v) is 4.57. The Kier molecular flexibility index (Phi) is 20.6. The van der Waals surface area contributed by atoms with Gasteiger partial charge in [-0.3, -0.25) is 24.4 Å². The molecule has 0 aliphatic heterocycles. The molecule has 9 nitrogen and oxygen atoms in total. The number of hydrogen-bond acceptors (Lipinski definition) is 6. The first-order chi connectivity index (χ1) is 8.37. The van der Waals surface area contributed by atoms with Crippen molar-refractivity contribution in [3.05, 3.63) is 12.2 Å². The molecule has 1 atom stereocenters. The van der Waals surface area contributed by atoms with Crippen molar-refractivity contribution in [2.45, 2.75) is 13.0 Å². The van der Waals surface area contributed by atoms with Crippen LogP contribution in [-0.4, -0.2) is 54.4 Å². The van der Waals surface area contributed by atoms with Crippen molar-refractivity contribution in [2.75, 3.05) is 14.2 Å². The third kappa shape index (κ3) is 29.2. The highest BCUT2D eigenvalue weighted by atomic mass is 16.6. The lowest BCUT2D eigenvalue weighted by atomic mass is 10.3. The van der Waals surface area contributed by atoms with E-state index >= 15 is 0 Å². The molecule has 0 fully saturated rings. The van der Waals surface area contributed by atoms with E-state index < -0.39 is 12.0 Å². The molecular formula is C9H19N3O6. The maximum Gasteiger partial charge on any atom is 0.324 e. The van der Waals surface area contributed by atoms with Crippen molar-refractivity contribution in [1.82, 2.24) is 10.5 Å². The summed E-state index contributed by atoms with van der Waals surface area (Å²) in [4.78, 5) is 32.3. The predicted octanol–water partition coefficient (Wildman–Crippen LogP) is -1.27. The Labute approximate surface area is 105 Å². The maximum atomic E-state index is 9.91. The van der Waals surface area contributed by atoms with E-state index in [2.05, 4.69) is 4.84 Å². The number of allylic oxidation sites excluding steroid dienone is 1. The highest BCUT2D eigenvalue weighted by Gasteiger charge is 2.03. The topological polar surface area (TPSA) is 142 Å². The number of rotatable bonds is 5. The van der Waals surface area contributed by atoms with Gasteiger partial charge in [-0.1, -0.05) is 12.2 Å². The van der Waals surface area contributed by atoms with Crippen molar-refractivity contribution >= 4 is 18.8 Å². The lowest BCUT2D eigenvalue weighted by molar-refractivity contribution is -0.143. The number of nitrogens with one attached hydrogen (secondary N) is 1. The van der Waals surface area contributed by atoms with Crippen molar-refractivity contribution in [1.29, 1.82) is 0 Å². The second-order valence-corrected chi connectivity index (χ2v) is 2.51. The molecule has 0 aromatic rings. The van der Waals surface area contributed by atoms with E-state index in [0.29, 0.717) is 17.9 Å². The molecule has 0 heterocycles. The van der Waals surface area contributed by atoms with Gasteiger partial charge < -0.3 is 10.8 Å². The Balaban J connectivity index is -0.000000197. The van der Waals surface area contributed by atoms with Crippen LogP contribution < -0.4 is 11.2 Å². The molecule has 1 unspecified atom stereocenters. The van der Waals surface area contributed by atoms with Crippen LogP contribution >= 0.6 is 0 Å². The number of carboxylic acids is 1. The zero-order valence-electron chi connectivity index (χ0n) is 10.4. The van der Waals surface area contributed by atoms with Crippen LogP contribution in [0.3, 0.4) is 0 Å². The standard InChI is InChI=1S/C5H9NO2.2C2H5NO2/c1-2-3-4(6)5(7)8;1-5-3-2-4;1-3(5)2-4/h2-4H,6H2,1H3,(H,7,8);2H,1H3,(H,3,4);2,5H,1H3/b3-2+;;. The molecule has 0 aromatic carbocycles. The van der Waals surface area contributed by atoms with Crippen LogP contribution in [0.25, 0.3) is 0 Å². The van der Waals surface area contributed by atoms with E-state index in [-0.39, 0.29) is 0 Å². The van der Waals surface area contributed by atoms with Crippen molar-refractivity contribution < 1.29 is 29.5 Å². The maximum absolute atomic E-state index is 9.91. The Bertz CT molecular complexity index is 244. The lowest BCUT2D eigenvalue weighted by Crippen LogP contribution is -2.27. The van der Waals surface area contributed by atoms with Crippen molar-refractivity contribution in [2.24, 2.45) is 5.73 Å². The summed E-state index contributed by atoms with van der Waals surface area (Å²) >= 11 is 0. The summed E-state index contributed by atoms with van der Waals surface area (Å²) in [6.07, 6.45) is 3.79. The zero-order valence-corrected chi connectivity index (χ0v) is 10.4. The number of aliphatic carboxylic acids is 1. The number of carbonyl (C=O) groups is 3. The number of hydrogen-bond donors (Lipinski definition) is 4. The number of nitrogens with zero attached hydrogens (tertiary/aromatic N) is 1. The largest absolute Gasteiger partial charge is 0.480 e. The van der Waals surface area contributed by atoms with Crippen LogP contribution in [0, 0.1) is 0 Å². The minimum atomic E-state index is -0.997. The SMILES string of the molecule is C/C=C/C(N)C(=O)O.CN(O)C=O.CONC=O. The number of hydroxylamine groups is 3. The Morgan fingerprint density at radius 2 is 1.94 bits per heavy atom. The smallest absolute Gasteiger partial charge is 0.324 e. The third-order valence-corrected chi connectivity index (χ3v) is 1.00. The highest BCUT2D eigenvalue weighted by molar-refractivity contribution is 5.75. The molecule has 106 valence electrons. The van der Waals surface area contributed by atoms with Crippen LogP contribution in [0.2, 0.25) is 0 Å². The van der Waals surface area contributed by atoms with Gasteiger partial charge in [0.1, 0.15) is 6.04 Å². The van der Waals surface area contributed by atoms with Gasteiger partial charge in [-0.25, -0.2) is 10.5 Å². The summed E-state index contributed by atoms with van der Waals surface area (Å²) in [6.45, 7) is 1.72. The van der Waals surface area contributed by atoms with E-state index in [4.69, 9.17) is 20.8 Å². The van der Waals surface area contributed by atoms with Gasteiger partial charge in [0.05, 0.1) is 7.11 Å². The molecule has 0 aliphatic rings. The van der Waals surface area contributed by atoms with E-state index in [1.165, 1.54) is 20.2 Å². The third-order valence-electron chi connectivity index (χ3n) is 1.00. The Morgan fingerprint density at radius 1 is 1.50 bits per heavy atom. The van der Waals surface area contributed by atoms with Crippen molar-refractivity contribution in [3.63, 3.8) is 0 Å². The monoisotopic (exact) mass is 265 g/mol. The number of amides is 2. The fraction of sp³-hybridized carbons (Fsp3) is 0.444. The van der Waals surface area contributed by atoms with Gasteiger partial charge in [0.2, 0.25) is 12.8 Å². The Morgan fingerprint density at radius 3 is 2.00 bits per heavy atom. The molecule has 5 N–H and O–H groups in total. The molecule has 0 aliphatic carbocycles. The summed E-state index contributed by atoms with van der Waals surface area (Å²) in [5, 5.41) is 16.4. The van der Waals surface area contributed by atoms with Gasteiger partial charge >= 0.3 is 5.97 Å². The molecule has 0 bridgehead atoms. The summed E-state index contributed by atoms with van der Waals surface area (Å²) < 4.78 is 0. The fourth-order valence-corrected chi connectivity index (χ4v) is 0.338. The average Bonchev–Trinajstić information content (AvgIpc) is 2.32. The van der Waals surface area contributed by atoms with Gasteiger partial charge in [0, 0.05) is 7.05 Å².